The Labute approximate surface area is 438 Å². The number of nitrogens with zero attached hydrogens (tertiary/aromatic N) is 5. The predicted molar refractivity (Wildman–Crippen MR) is 287 cm³/mol. The van der Waals surface area contributed by atoms with Gasteiger partial charge in [-0.1, -0.05) is 200 Å². The number of carbonyl (C=O) groups is 4. The summed E-state index contributed by atoms with van der Waals surface area (Å²) in [5.74, 6) is -3.29. The zero-order valence-corrected chi connectivity index (χ0v) is 41.1. The molecule has 0 unspecified atom stereocenters. The second kappa shape index (κ2) is 22.4. The van der Waals surface area contributed by atoms with E-state index in [1.165, 1.54) is 6.26 Å². The van der Waals surface area contributed by atoms with Crippen molar-refractivity contribution in [3.8, 4) is 11.5 Å². The lowest BCUT2D eigenvalue weighted by Crippen LogP contribution is -2.54. The molecule has 0 saturated heterocycles. The highest BCUT2D eigenvalue weighted by atomic mass is 16.4. The van der Waals surface area contributed by atoms with Crippen LogP contribution in [-0.4, -0.2) is 71.5 Å². The topological polar surface area (TPSA) is 186 Å². The number of aromatic nitrogens is 5. The molecule has 0 bridgehead atoms. The molecule has 4 N–H and O–H groups in total. The van der Waals surface area contributed by atoms with E-state index in [0.717, 1.165) is 33.4 Å². The lowest BCUT2D eigenvalue weighted by Gasteiger charge is -2.37. The van der Waals surface area contributed by atoms with Crippen molar-refractivity contribution in [2.45, 2.75) is 36.0 Å². The Morgan fingerprint density at radius 2 is 0.868 bits per heavy atom. The van der Waals surface area contributed by atoms with E-state index in [4.69, 9.17) is 14.4 Å². The number of hydrogen-bond acceptors (Lipinski definition) is 8. The van der Waals surface area contributed by atoms with Gasteiger partial charge in [0.2, 0.25) is 17.7 Å². The summed E-state index contributed by atoms with van der Waals surface area (Å²) in [6.07, 6.45) is 7.84. The summed E-state index contributed by atoms with van der Waals surface area (Å²) in [7, 11) is 0. The molecule has 0 spiro atoms. The van der Waals surface area contributed by atoms with Gasteiger partial charge in [0.1, 0.15) is 29.4 Å². The minimum atomic E-state index is -1.49. The Hall–Kier alpha value is -9.95. The molecular weight excluding hydrogens is 953 g/mol. The highest BCUT2D eigenvalue weighted by Gasteiger charge is 2.40. The number of carboxylic acid groups (broad SMARTS) is 1. The van der Waals surface area contributed by atoms with Crippen LogP contribution in [-0.2, 0) is 38.3 Å². The molecule has 14 nitrogen and oxygen atoms in total. The van der Waals surface area contributed by atoms with E-state index in [9.17, 15) is 24.3 Å². The number of carboxylic acids is 1. The van der Waals surface area contributed by atoms with Gasteiger partial charge in [0, 0.05) is 30.8 Å². The van der Waals surface area contributed by atoms with Crippen molar-refractivity contribution in [3.05, 3.63) is 294 Å². The normalized spacial score (nSPS) is 12.3. The number of hydrogen-bond donors (Lipinski definition) is 4. The summed E-state index contributed by atoms with van der Waals surface area (Å²) in [6, 6.07) is 66.2. The minimum absolute atomic E-state index is 0.0505. The molecule has 376 valence electrons. The standard InChI is InChI=1S/C62H52N8O6/c71-56(38-63-57(72)55-41-76-59(68-55)44-22-8-1-9-23-44)66-53(36-51-39-69(42-64-51)61(45-24-10-2-11-25-45,46-26-12-3-13-27-46)47-28-14-4-15-29-47)58(73)67-54(60(74)75)37-52-40-70(43-65-52)62(48-30-16-5-17-31-48,49-32-18-6-19-33-49)50-34-20-7-21-35-50/h1-35,39-43,53-54H,36-38H2,(H,63,72)(H,66,71)(H,67,73)(H,74,75)/t53-,54-/m0/s1. The van der Waals surface area contributed by atoms with Gasteiger partial charge in [0.15, 0.2) is 5.69 Å². The van der Waals surface area contributed by atoms with Gasteiger partial charge in [0.05, 0.1) is 30.6 Å². The van der Waals surface area contributed by atoms with Crippen LogP contribution in [0.25, 0.3) is 11.5 Å². The van der Waals surface area contributed by atoms with Gasteiger partial charge in [-0.2, -0.15) is 0 Å². The Kier molecular flexibility index (Phi) is 14.7. The van der Waals surface area contributed by atoms with Crippen molar-refractivity contribution in [1.29, 1.82) is 0 Å². The Morgan fingerprint density at radius 1 is 0.500 bits per heavy atom. The fraction of sp³-hybridized carbons (Fsp3) is 0.113. The molecule has 3 amide bonds. The van der Waals surface area contributed by atoms with Gasteiger partial charge in [-0.3, -0.25) is 14.4 Å². The molecule has 2 atom stereocenters. The highest BCUT2D eigenvalue weighted by Crippen LogP contribution is 2.42. The molecular formula is C62H52N8O6. The summed E-state index contributed by atoms with van der Waals surface area (Å²) in [5, 5.41) is 18.8. The van der Waals surface area contributed by atoms with E-state index in [1.807, 2.05) is 216 Å². The van der Waals surface area contributed by atoms with Crippen LogP contribution in [0.5, 0.6) is 0 Å². The van der Waals surface area contributed by atoms with E-state index >= 15 is 0 Å². The number of imidazole rings is 2. The molecule has 7 aromatic carbocycles. The fourth-order valence-electron chi connectivity index (χ4n) is 9.96. The Morgan fingerprint density at radius 3 is 1.25 bits per heavy atom. The van der Waals surface area contributed by atoms with Crippen molar-refractivity contribution < 1.29 is 28.7 Å². The van der Waals surface area contributed by atoms with Crippen molar-refractivity contribution in [3.63, 3.8) is 0 Å². The summed E-state index contributed by atoms with van der Waals surface area (Å²) in [6.45, 7) is -0.546. The van der Waals surface area contributed by atoms with Crippen LogP contribution in [0.1, 0.15) is 55.3 Å². The summed E-state index contributed by atoms with van der Waals surface area (Å²) >= 11 is 0. The molecule has 3 heterocycles. The SMILES string of the molecule is O=C(CNC(=O)c1coc(-c2ccccc2)n1)N[C@@H](Cc1cn(C(c2ccccc2)(c2ccccc2)c2ccccc2)cn1)C(=O)N[C@@H](Cc1cn(C(c2ccccc2)(c2ccccc2)c2ccccc2)cn1)C(=O)O. The van der Waals surface area contributed by atoms with Crippen molar-refractivity contribution in [1.82, 2.24) is 40.0 Å². The van der Waals surface area contributed by atoms with Crippen molar-refractivity contribution in [2.24, 2.45) is 0 Å². The third-order valence-corrected chi connectivity index (χ3v) is 13.5. The van der Waals surface area contributed by atoms with Crippen molar-refractivity contribution in [2.75, 3.05) is 6.54 Å². The monoisotopic (exact) mass is 1000 g/mol. The van der Waals surface area contributed by atoms with Gasteiger partial charge < -0.3 is 34.6 Å². The first-order chi connectivity index (χ1) is 37.2. The zero-order chi connectivity index (χ0) is 52.3. The molecule has 10 rings (SSSR count). The average molecular weight is 1010 g/mol. The number of aliphatic carboxylic acids is 1. The average Bonchev–Trinajstić information content (AvgIpc) is 4.29. The quantitative estimate of drug-likeness (QED) is 0.0542. The molecule has 3 aromatic heterocycles. The fourth-order valence-corrected chi connectivity index (χ4v) is 9.96. The van der Waals surface area contributed by atoms with Crippen LogP contribution < -0.4 is 16.0 Å². The summed E-state index contributed by atoms with van der Waals surface area (Å²) in [5.41, 5.74) is 5.24. The smallest absolute Gasteiger partial charge is 0.326 e. The molecule has 0 fully saturated rings. The number of nitrogens with one attached hydrogen (secondary N) is 3. The second-order valence-electron chi connectivity index (χ2n) is 18.2. The number of amides is 3. The largest absolute Gasteiger partial charge is 0.480 e. The van der Waals surface area contributed by atoms with Crippen LogP contribution in [0.3, 0.4) is 0 Å². The van der Waals surface area contributed by atoms with Crippen LogP contribution in [0.15, 0.2) is 248 Å². The first kappa shape index (κ1) is 49.6. The zero-order valence-electron chi connectivity index (χ0n) is 41.1. The molecule has 0 aliphatic rings. The third-order valence-electron chi connectivity index (χ3n) is 13.5. The molecule has 14 heteroatoms. The van der Waals surface area contributed by atoms with Crippen LogP contribution >= 0.6 is 0 Å². The van der Waals surface area contributed by atoms with E-state index in [2.05, 4.69) is 20.9 Å². The molecule has 0 aliphatic carbocycles. The van der Waals surface area contributed by atoms with Crippen molar-refractivity contribution >= 4 is 23.7 Å². The highest BCUT2D eigenvalue weighted by molar-refractivity contribution is 5.96. The van der Waals surface area contributed by atoms with Gasteiger partial charge in [-0.15, -0.1) is 0 Å². The molecule has 0 aliphatic heterocycles. The molecule has 76 heavy (non-hydrogen) atoms. The van der Waals surface area contributed by atoms with Gasteiger partial charge in [-0.05, 0) is 45.5 Å². The Balaban J connectivity index is 0.957. The maximum atomic E-state index is 14.7. The first-order valence-corrected chi connectivity index (χ1v) is 24.7. The number of oxazole rings is 1. The van der Waals surface area contributed by atoms with Gasteiger partial charge >= 0.3 is 5.97 Å². The summed E-state index contributed by atoms with van der Waals surface area (Å²) < 4.78 is 9.50. The third kappa shape index (κ3) is 10.2. The number of rotatable bonds is 20. The van der Waals surface area contributed by atoms with Crippen LogP contribution in [0, 0.1) is 0 Å². The van der Waals surface area contributed by atoms with Crippen LogP contribution in [0.4, 0.5) is 0 Å². The predicted octanol–water partition coefficient (Wildman–Crippen LogP) is 8.68. The van der Waals surface area contributed by atoms with Crippen LogP contribution in [0.2, 0.25) is 0 Å². The second-order valence-corrected chi connectivity index (χ2v) is 18.2. The minimum Gasteiger partial charge on any atom is -0.480 e. The van der Waals surface area contributed by atoms with E-state index in [0.29, 0.717) is 17.0 Å². The maximum absolute atomic E-state index is 14.7. The summed E-state index contributed by atoms with van der Waals surface area (Å²) in [4.78, 5) is 69.0. The van der Waals surface area contributed by atoms with Gasteiger partial charge in [0.25, 0.3) is 5.91 Å². The lowest BCUT2D eigenvalue weighted by atomic mass is 9.77. The number of carbonyl (C=O) groups excluding carboxylic acids is 3. The first-order valence-electron chi connectivity index (χ1n) is 24.7. The Bertz CT molecular complexity index is 3340. The molecule has 10 aromatic rings. The number of benzene rings is 7. The lowest BCUT2D eigenvalue weighted by molar-refractivity contribution is -0.142. The molecule has 0 radical (unpaired) electrons. The van der Waals surface area contributed by atoms with E-state index in [-0.39, 0.29) is 24.4 Å². The molecule has 0 saturated carbocycles. The van der Waals surface area contributed by atoms with Gasteiger partial charge in [-0.25, -0.2) is 19.7 Å². The van der Waals surface area contributed by atoms with E-state index < -0.39 is 53.4 Å². The maximum Gasteiger partial charge on any atom is 0.326 e. The van der Waals surface area contributed by atoms with E-state index in [1.54, 1.807) is 31.0 Å².